The minimum Gasteiger partial charge on any atom is -0.494 e. The third-order valence-electron chi connectivity index (χ3n) is 3.16. The first-order valence-electron chi connectivity index (χ1n) is 5.84. The van der Waals surface area contributed by atoms with E-state index in [4.69, 9.17) is 4.74 Å². The Morgan fingerprint density at radius 2 is 2.06 bits per heavy atom. The zero-order valence-corrected chi connectivity index (χ0v) is 9.58. The maximum Gasteiger partial charge on any atom is 0.119 e. The van der Waals surface area contributed by atoms with Gasteiger partial charge in [0.2, 0.25) is 0 Å². The van der Waals surface area contributed by atoms with Crippen LogP contribution in [0, 0.1) is 5.92 Å². The van der Waals surface area contributed by atoms with E-state index in [9.17, 15) is 4.39 Å². The second-order valence-electron chi connectivity index (χ2n) is 4.18. The second kappa shape index (κ2) is 5.30. The quantitative estimate of drug-likeness (QED) is 0.846. The van der Waals surface area contributed by atoms with Crippen LogP contribution in [-0.4, -0.2) is 26.4 Å². The molecule has 1 heterocycles. The molecule has 88 valence electrons. The van der Waals surface area contributed by atoms with E-state index in [1.54, 1.807) is 0 Å². The first-order chi connectivity index (χ1) is 7.85. The van der Waals surface area contributed by atoms with Crippen molar-refractivity contribution in [1.82, 2.24) is 5.32 Å². The van der Waals surface area contributed by atoms with Gasteiger partial charge in [0.05, 0.1) is 13.3 Å². The Kier molecular flexibility index (Phi) is 3.78. The molecule has 1 aromatic rings. The zero-order valence-electron chi connectivity index (χ0n) is 9.58. The Bertz CT molecular complexity index is 325. The summed E-state index contributed by atoms with van der Waals surface area (Å²) in [6, 6.07) is 8.02. The van der Waals surface area contributed by atoms with Gasteiger partial charge in [-0.15, -0.1) is 0 Å². The molecule has 1 aliphatic rings. The topological polar surface area (TPSA) is 21.3 Å². The molecular formula is C13H18FNO. The molecule has 1 fully saturated rings. The Balaban J connectivity index is 2.08. The molecule has 3 heteroatoms. The molecule has 0 spiro atoms. The van der Waals surface area contributed by atoms with Gasteiger partial charge >= 0.3 is 0 Å². The van der Waals surface area contributed by atoms with Gasteiger partial charge in [-0.3, -0.25) is 4.39 Å². The molecule has 1 saturated heterocycles. The lowest BCUT2D eigenvalue weighted by molar-refractivity contribution is 0.339. The molecule has 0 bridgehead atoms. The van der Waals surface area contributed by atoms with Gasteiger partial charge in [-0.1, -0.05) is 12.1 Å². The number of rotatable bonds is 4. The summed E-state index contributed by atoms with van der Waals surface area (Å²) in [4.78, 5) is 0. The molecule has 0 amide bonds. The average Bonchev–Trinajstić information content (AvgIpc) is 2.78. The fourth-order valence-corrected chi connectivity index (χ4v) is 2.26. The molecule has 2 nitrogen and oxygen atoms in total. The molecule has 1 aromatic carbocycles. The lowest BCUT2D eigenvalue weighted by Crippen LogP contribution is -2.12. The highest BCUT2D eigenvalue weighted by atomic mass is 19.1. The minimum absolute atomic E-state index is 0.123. The van der Waals surface area contributed by atoms with Crippen LogP contribution in [0.3, 0.4) is 0 Å². The summed E-state index contributed by atoms with van der Waals surface area (Å²) in [7, 11) is 0. The number of hydrogen-bond acceptors (Lipinski definition) is 2. The van der Waals surface area contributed by atoms with Gasteiger partial charge in [0.1, 0.15) is 5.75 Å². The predicted octanol–water partition coefficient (Wildman–Crippen LogP) is 2.36. The molecule has 2 atom stereocenters. The summed E-state index contributed by atoms with van der Waals surface area (Å²) in [6.45, 7) is 4.06. The van der Waals surface area contributed by atoms with Crippen LogP contribution in [0.25, 0.3) is 0 Å². The highest BCUT2D eigenvalue weighted by Crippen LogP contribution is 2.29. The van der Waals surface area contributed by atoms with Gasteiger partial charge in [-0.2, -0.15) is 0 Å². The lowest BCUT2D eigenvalue weighted by atomic mass is 9.90. The van der Waals surface area contributed by atoms with Crippen molar-refractivity contribution in [3.63, 3.8) is 0 Å². The summed E-state index contributed by atoms with van der Waals surface area (Å²) >= 11 is 0. The fraction of sp³-hybridized carbons (Fsp3) is 0.538. The molecule has 0 aliphatic carbocycles. The number of ether oxygens (including phenoxy) is 1. The van der Waals surface area contributed by atoms with Crippen LogP contribution in [0.5, 0.6) is 5.75 Å². The van der Waals surface area contributed by atoms with E-state index in [1.807, 2.05) is 31.2 Å². The standard InChI is InChI=1S/C13H18FNO/c1-2-16-12-5-3-10(4-6-12)13-9-15-8-11(13)7-14/h3-6,11,13,15H,2,7-9H2,1H3/t11-,13-/m1/s1. The van der Waals surface area contributed by atoms with Crippen LogP contribution >= 0.6 is 0 Å². The first-order valence-corrected chi connectivity index (χ1v) is 5.84. The Labute approximate surface area is 95.8 Å². The fourth-order valence-electron chi connectivity index (χ4n) is 2.26. The smallest absolute Gasteiger partial charge is 0.119 e. The number of alkyl halides is 1. The Morgan fingerprint density at radius 3 is 2.69 bits per heavy atom. The molecule has 1 N–H and O–H groups in total. The summed E-state index contributed by atoms with van der Waals surface area (Å²) in [6.07, 6.45) is 0. The molecule has 0 aromatic heterocycles. The van der Waals surface area contributed by atoms with Crippen molar-refractivity contribution in [1.29, 1.82) is 0 Å². The summed E-state index contributed by atoms with van der Waals surface area (Å²) in [5.74, 6) is 1.31. The van der Waals surface area contributed by atoms with E-state index in [-0.39, 0.29) is 12.6 Å². The van der Waals surface area contributed by atoms with Crippen LogP contribution in [0.1, 0.15) is 18.4 Å². The molecule has 2 rings (SSSR count). The molecule has 0 radical (unpaired) electrons. The van der Waals surface area contributed by atoms with Crippen molar-refractivity contribution in [3.8, 4) is 5.75 Å². The van der Waals surface area contributed by atoms with Gasteiger partial charge < -0.3 is 10.1 Å². The van der Waals surface area contributed by atoms with Gasteiger partial charge in [0.25, 0.3) is 0 Å². The van der Waals surface area contributed by atoms with Crippen molar-refractivity contribution in [2.75, 3.05) is 26.4 Å². The zero-order chi connectivity index (χ0) is 11.4. The van der Waals surface area contributed by atoms with Gasteiger partial charge in [0, 0.05) is 24.9 Å². The van der Waals surface area contributed by atoms with Crippen molar-refractivity contribution >= 4 is 0 Å². The maximum atomic E-state index is 12.8. The summed E-state index contributed by atoms with van der Waals surface area (Å²) in [5, 5.41) is 3.24. The molecule has 0 saturated carbocycles. The Hall–Kier alpha value is -1.09. The largest absolute Gasteiger partial charge is 0.494 e. The monoisotopic (exact) mass is 223 g/mol. The van der Waals surface area contributed by atoms with Crippen LogP contribution in [0.4, 0.5) is 4.39 Å². The van der Waals surface area contributed by atoms with Crippen LogP contribution < -0.4 is 10.1 Å². The third-order valence-corrected chi connectivity index (χ3v) is 3.16. The van der Waals surface area contributed by atoms with Crippen LogP contribution in [-0.2, 0) is 0 Å². The second-order valence-corrected chi connectivity index (χ2v) is 4.18. The van der Waals surface area contributed by atoms with E-state index in [0.29, 0.717) is 12.5 Å². The molecule has 16 heavy (non-hydrogen) atoms. The summed E-state index contributed by atoms with van der Waals surface area (Å²) < 4.78 is 18.2. The van der Waals surface area contributed by atoms with Crippen molar-refractivity contribution < 1.29 is 9.13 Å². The van der Waals surface area contributed by atoms with Gasteiger partial charge in [0.15, 0.2) is 0 Å². The number of benzene rings is 1. The van der Waals surface area contributed by atoms with Crippen molar-refractivity contribution in [2.24, 2.45) is 5.92 Å². The van der Waals surface area contributed by atoms with Crippen LogP contribution in [0.15, 0.2) is 24.3 Å². The number of halogens is 1. The van der Waals surface area contributed by atoms with E-state index < -0.39 is 0 Å². The highest BCUT2D eigenvalue weighted by Gasteiger charge is 2.28. The molecule has 1 aliphatic heterocycles. The maximum absolute atomic E-state index is 12.8. The normalized spacial score (nSPS) is 24.6. The predicted molar refractivity (Wildman–Crippen MR) is 62.7 cm³/mol. The van der Waals surface area contributed by atoms with E-state index in [1.165, 1.54) is 5.56 Å². The van der Waals surface area contributed by atoms with Gasteiger partial charge in [-0.05, 0) is 24.6 Å². The number of hydrogen-bond donors (Lipinski definition) is 1. The molecule has 0 unspecified atom stereocenters. The SMILES string of the molecule is CCOc1ccc([C@H]2CNC[C@H]2CF)cc1. The first kappa shape index (κ1) is 11.4. The minimum atomic E-state index is -0.245. The summed E-state index contributed by atoms with van der Waals surface area (Å²) in [5.41, 5.74) is 1.20. The van der Waals surface area contributed by atoms with E-state index in [2.05, 4.69) is 5.32 Å². The lowest BCUT2D eigenvalue weighted by Gasteiger charge is -2.16. The van der Waals surface area contributed by atoms with E-state index >= 15 is 0 Å². The number of nitrogens with one attached hydrogen (secondary N) is 1. The van der Waals surface area contributed by atoms with E-state index in [0.717, 1.165) is 18.8 Å². The van der Waals surface area contributed by atoms with Crippen molar-refractivity contribution in [2.45, 2.75) is 12.8 Å². The molecular weight excluding hydrogens is 205 g/mol. The average molecular weight is 223 g/mol. The Morgan fingerprint density at radius 1 is 1.31 bits per heavy atom. The van der Waals surface area contributed by atoms with Crippen LogP contribution in [0.2, 0.25) is 0 Å². The third kappa shape index (κ3) is 2.35. The van der Waals surface area contributed by atoms with Crippen molar-refractivity contribution in [3.05, 3.63) is 29.8 Å². The highest BCUT2D eigenvalue weighted by molar-refractivity contribution is 5.30. The van der Waals surface area contributed by atoms with Gasteiger partial charge in [-0.25, -0.2) is 0 Å².